The second-order valence-electron chi connectivity index (χ2n) is 6.27. The molecule has 1 heterocycles. The number of anilines is 2. The number of thiazole rings is 1. The Morgan fingerprint density at radius 2 is 1.85 bits per heavy atom. The highest BCUT2D eigenvalue weighted by molar-refractivity contribution is 7.22. The minimum Gasteiger partial charge on any atom is -0.494 e. The topological polar surface area (TPSA) is 72.5 Å². The summed E-state index contributed by atoms with van der Waals surface area (Å²) in [6.45, 7) is 6.70. The first-order valence-electron chi connectivity index (χ1n) is 8.91. The van der Waals surface area contributed by atoms with Gasteiger partial charge in [0.25, 0.3) is 0 Å². The minimum absolute atomic E-state index is 0.109. The Morgan fingerprint density at radius 1 is 1.11 bits per heavy atom. The van der Waals surface area contributed by atoms with Crippen molar-refractivity contribution >= 4 is 38.4 Å². The van der Waals surface area contributed by atoms with Gasteiger partial charge in [-0.25, -0.2) is 9.78 Å². The fraction of sp³-hybridized carbons (Fsp3) is 0.300. The van der Waals surface area contributed by atoms with Crippen molar-refractivity contribution in [1.82, 2.24) is 4.98 Å². The number of benzene rings is 2. The third kappa shape index (κ3) is 5.34. The van der Waals surface area contributed by atoms with Crippen LogP contribution in [0.4, 0.5) is 15.6 Å². The molecule has 2 N–H and O–H groups in total. The van der Waals surface area contributed by atoms with Crippen LogP contribution < -0.4 is 20.1 Å². The Labute approximate surface area is 162 Å². The Morgan fingerprint density at radius 3 is 2.56 bits per heavy atom. The molecule has 0 aliphatic rings. The number of urea groups is 1. The standard InChI is InChI=1S/C20H23N3O3S/c1-4-11-25-15-7-5-14(6-8-15)21-19(24)23-20-22-17-10-9-16(26-13(2)3)12-18(17)27-20/h5-10,12-13H,4,11H2,1-3H3,(H2,21,22,23,24). The fourth-order valence-electron chi connectivity index (χ4n) is 2.42. The molecule has 3 aromatic rings. The van der Waals surface area contributed by atoms with Gasteiger partial charge in [-0.1, -0.05) is 18.3 Å². The highest BCUT2D eigenvalue weighted by Crippen LogP contribution is 2.29. The smallest absolute Gasteiger partial charge is 0.325 e. The van der Waals surface area contributed by atoms with E-state index in [2.05, 4.69) is 22.5 Å². The van der Waals surface area contributed by atoms with E-state index in [-0.39, 0.29) is 12.1 Å². The lowest BCUT2D eigenvalue weighted by Crippen LogP contribution is -2.19. The molecule has 0 bridgehead atoms. The minimum atomic E-state index is -0.338. The number of amides is 2. The van der Waals surface area contributed by atoms with Crippen molar-refractivity contribution < 1.29 is 14.3 Å². The van der Waals surface area contributed by atoms with Crippen LogP contribution in [0.2, 0.25) is 0 Å². The van der Waals surface area contributed by atoms with Gasteiger partial charge in [-0.05, 0) is 62.7 Å². The third-order valence-electron chi connectivity index (χ3n) is 3.54. The van der Waals surface area contributed by atoms with Gasteiger partial charge in [0.05, 0.1) is 22.9 Å². The van der Waals surface area contributed by atoms with E-state index in [0.29, 0.717) is 17.4 Å². The first-order chi connectivity index (χ1) is 13.0. The highest BCUT2D eigenvalue weighted by atomic mass is 32.1. The number of fused-ring (bicyclic) bond motifs is 1. The van der Waals surface area contributed by atoms with Crippen molar-refractivity contribution in [2.75, 3.05) is 17.2 Å². The van der Waals surface area contributed by atoms with Crippen molar-refractivity contribution in [3.05, 3.63) is 42.5 Å². The second kappa shape index (κ2) is 8.73. The van der Waals surface area contributed by atoms with E-state index in [9.17, 15) is 4.79 Å². The Bertz CT molecular complexity index is 906. The first-order valence-corrected chi connectivity index (χ1v) is 9.73. The predicted octanol–water partition coefficient (Wildman–Crippen LogP) is 5.52. The number of nitrogens with zero attached hydrogens (tertiary/aromatic N) is 1. The van der Waals surface area contributed by atoms with Gasteiger partial charge in [0.2, 0.25) is 0 Å². The third-order valence-corrected chi connectivity index (χ3v) is 4.47. The summed E-state index contributed by atoms with van der Waals surface area (Å²) in [6, 6.07) is 12.6. The molecule has 27 heavy (non-hydrogen) atoms. The monoisotopic (exact) mass is 385 g/mol. The van der Waals surface area contributed by atoms with E-state index < -0.39 is 0 Å². The quantitative estimate of drug-likeness (QED) is 0.562. The van der Waals surface area contributed by atoms with E-state index in [0.717, 1.165) is 28.1 Å². The van der Waals surface area contributed by atoms with Gasteiger partial charge in [0.15, 0.2) is 5.13 Å². The van der Waals surface area contributed by atoms with Gasteiger partial charge >= 0.3 is 6.03 Å². The lowest BCUT2D eigenvalue weighted by atomic mass is 10.3. The van der Waals surface area contributed by atoms with E-state index >= 15 is 0 Å². The zero-order valence-electron chi connectivity index (χ0n) is 15.6. The summed E-state index contributed by atoms with van der Waals surface area (Å²) >= 11 is 1.41. The van der Waals surface area contributed by atoms with Gasteiger partial charge < -0.3 is 14.8 Å². The predicted molar refractivity (Wildman–Crippen MR) is 110 cm³/mol. The normalized spacial score (nSPS) is 10.8. The molecular formula is C20H23N3O3S. The van der Waals surface area contributed by atoms with Crippen LogP contribution in [-0.4, -0.2) is 23.7 Å². The summed E-state index contributed by atoms with van der Waals surface area (Å²) in [5.74, 6) is 1.58. The summed E-state index contributed by atoms with van der Waals surface area (Å²) < 4.78 is 12.2. The van der Waals surface area contributed by atoms with Crippen molar-refractivity contribution in [3.63, 3.8) is 0 Å². The molecule has 2 aromatic carbocycles. The van der Waals surface area contributed by atoms with Gasteiger partial charge in [-0.2, -0.15) is 0 Å². The van der Waals surface area contributed by atoms with Crippen LogP contribution in [0.5, 0.6) is 11.5 Å². The van der Waals surface area contributed by atoms with E-state index in [1.54, 1.807) is 12.1 Å². The van der Waals surface area contributed by atoms with Gasteiger partial charge in [0, 0.05) is 5.69 Å². The average molecular weight is 385 g/mol. The lowest BCUT2D eigenvalue weighted by molar-refractivity contribution is 0.243. The van der Waals surface area contributed by atoms with Crippen molar-refractivity contribution in [2.24, 2.45) is 0 Å². The Hall–Kier alpha value is -2.80. The van der Waals surface area contributed by atoms with Crippen molar-refractivity contribution in [3.8, 4) is 11.5 Å². The molecule has 0 saturated heterocycles. The SMILES string of the molecule is CCCOc1ccc(NC(=O)Nc2nc3ccc(OC(C)C)cc3s2)cc1. The molecular weight excluding hydrogens is 362 g/mol. The molecule has 2 amide bonds. The summed E-state index contributed by atoms with van der Waals surface area (Å²) in [4.78, 5) is 16.7. The molecule has 0 saturated carbocycles. The maximum Gasteiger partial charge on any atom is 0.325 e. The molecule has 0 unspecified atom stereocenters. The molecule has 0 aliphatic carbocycles. The molecule has 6 nitrogen and oxygen atoms in total. The molecule has 0 radical (unpaired) electrons. The number of aromatic nitrogens is 1. The summed E-state index contributed by atoms with van der Waals surface area (Å²) in [5, 5.41) is 6.10. The fourth-order valence-corrected chi connectivity index (χ4v) is 3.31. The van der Waals surface area contributed by atoms with Gasteiger partial charge in [-0.3, -0.25) is 5.32 Å². The van der Waals surface area contributed by atoms with E-state index in [1.165, 1.54) is 11.3 Å². The van der Waals surface area contributed by atoms with E-state index in [1.807, 2.05) is 44.2 Å². The number of nitrogens with one attached hydrogen (secondary N) is 2. The highest BCUT2D eigenvalue weighted by Gasteiger charge is 2.09. The molecule has 0 aliphatic heterocycles. The number of ether oxygens (including phenoxy) is 2. The summed E-state index contributed by atoms with van der Waals surface area (Å²) in [6.07, 6.45) is 1.06. The van der Waals surface area contributed by atoms with Crippen molar-refractivity contribution in [2.45, 2.75) is 33.3 Å². The van der Waals surface area contributed by atoms with Gasteiger partial charge in [-0.15, -0.1) is 0 Å². The second-order valence-corrected chi connectivity index (χ2v) is 7.30. The number of carbonyl (C=O) groups is 1. The van der Waals surface area contributed by atoms with Crippen LogP contribution in [0, 0.1) is 0 Å². The van der Waals surface area contributed by atoms with Crippen LogP contribution in [0.25, 0.3) is 10.2 Å². The Kier molecular flexibility index (Phi) is 6.13. The van der Waals surface area contributed by atoms with E-state index in [4.69, 9.17) is 9.47 Å². The summed E-state index contributed by atoms with van der Waals surface area (Å²) in [7, 11) is 0. The van der Waals surface area contributed by atoms with Crippen LogP contribution >= 0.6 is 11.3 Å². The number of carbonyl (C=O) groups excluding carboxylic acids is 1. The maximum absolute atomic E-state index is 12.2. The molecule has 3 rings (SSSR count). The van der Waals surface area contributed by atoms with Crippen LogP contribution in [0.3, 0.4) is 0 Å². The van der Waals surface area contributed by atoms with Crippen LogP contribution in [0.1, 0.15) is 27.2 Å². The lowest BCUT2D eigenvalue weighted by Gasteiger charge is -2.08. The first kappa shape index (κ1) is 19.0. The van der Waals surface area contributed by atoms with Crippen molar-refractivity contribution in [1.29, 1.82) is 0 Å². The zero-order chi connectivity index (χ0) is 19.2. The number of rotatable bonds is 7. The maximum atomic E-state index is 12.2. The summed E-state index contributed by atoms with van der Waals surface area (Å²) in [5.41, 5.74) is 1.51. The molecule has 0 atom stereocenters. The Balaban J connectivity index is 1.61. The number of hydrogen-bond donors (Lipinski definition) is 2. The average Bonchev–Trinajstić information content (AvgIpc) is 3.02. The van der Waals surface area contributed by atoms with Crippen LogP contribution in [0.15, 0.2) is 42.5 Å². The molecule has 0 spiro atoms. The number of hydrogen-bond acceptors (Lipinski definition) is 5. The zero-order valence-corrected chi connectivity index (χ0v) is 16.4. The largest absolute Gasteiger partial charge is 0.494 e. The molecule has 7 heteroatoms. The molecule has 142 valence electrons. The molecule has 0 fully saturated rings. The molecule has 1 aromatic heterocycles. The van der Waals surface area contributed by atoms with Crippen LogP contribution in [-0.2, 0) is 0 Å². The van der Waals surface area contributed by atoms with Gasteiger partial charge in [0.1, 0.15) is 11.5 Å².